The molecular formula is C16H17FO4. The van der Waals surface area contributed by atoms with E-state index in [1.165, 1.54) is 12.1 Å². The average Bonchev–Trinajstić information content (AvgIpc) is 2.53. The lowest BCUT2D eigenvalue weighted by atomic mass is 9.74. The van der Waals surface area contributed by atoms with Crippen LogP contribution in [0.4, 0.5) is 4.39 Å². The van der Waals surface area contributed by atoms with E-state index >= 15 is 4.39 Å². The summed E-state index contributed by atoms with van der Waals surface area (Å²) in [7, 11) is 1.04. The van der Waals surface area contributed by atoms with Crippen molar-refractivity contribution < 1.29 is 23.5 Å². The van der Waals surface area contributed by atoms with E-state index in [2.05, 4.69) is 4.74 Å². The molecule has 0 amide bonds. The van der Waals surface area contributed by atoms with Crippen LogP contribution < -0.4 is 0 Å². The van der Waals surface area contributed by atoms with Crippen molar-refractivity contribution in [3.05, 3.63) is 35.9 Å². The molecule has 0 heterocycles. The molecule has 0 radical (unpaired) electrons. The molecule has 1 aliphatic carbocycles. The predicted octanol–water partition coefficient (Wildman–Crippen LogP) is 2.51. The van der Waals surface area contributed by atoms with Crippen molar-refractivity contribution in [2.45, 2.75) is 31.4 Å². The van der Waals surface area contributed by atoms with Crippen LogP contribution in [0.3, 0.4) is 0 Å². The van der Waals surface area contributed by atoms with E-state index < -0.39 is 23.3 Å². The minimum atomic E-state index is -2.80. The monoisotopic (exact) mass is 292 g/mol. The fourth-order valence-electron chi connectivity index (χ4n) is 2.76. The summed E-state index contributed by atoms with van der Waals surface area (Å²) in [4.78, 5) is 36.0. The molecule has 1 fully saturated rings. The van der Waals surface area contributed by atoms with Crippen molar-refractivity contribution in [3.63, 3.8) is 0 Å². The Balaban J connectivity index is 2.39. The van der Waals surface area contributed by atoms with Crippen LogP contribution in [0.2, 0.25) is 0 Å². The Morgan fingerprint density at radius 1 is 1.29 bits per heavy atom. The molecule has 21 heavy (non-hydrogen) atoms. The number of ketones is 2. The summed E-state index contributed by atoms with van der Waals surface area (Å²) in [5.41, 5.74) is -2.70. The molecule has 0 bridgehead atoms. The van der Waals surface area contributed by atoms with Crippen molar-refractivity contribution in [2.24, 2.45) is 5.92 Å². The van der Waals surface area contributed by atoms with E-state index in [0.29, 0.717) is 19.3 Å². The minimum Gasteiger partial charge on any atom is -0.466 e. The maximum atomic E-state index is 15.3. The molecule has 1 saturated carbocycles. The number of Topliss-reactive ketones (excluding diaryl/α,β-unsaturated/α-hetero) is 2. The Labute approximate surface area is 122 Å². The summed E-state index contributed by atoms with van der Waals surface area (Å²) >= 11 is 0. The first kappa shape index (κ1) is 15.4. The average molecular weight is 292 g/mol. The fourth-order valence-corrected chi connectivity index (χ4v) is 2.76. The van der Waals surface area contributed by atoms with Gasteiger partial charge in [0.2, 0.25) is 5.78 Å². The lowest BCUT2D eigenvalue weighted by Gasteiger charge is -2.32. The number of methoxy groups -OCH3 is 1. The number of carbonyl (C=O) groups is 3. The van der Waals surface area contributed by atoms with E-state index in [-0.39, 0.29) is 17.8 Å². The third kappa shape index (κ3) is 2.86. The van der Waals surface area contributed by atoms with Gasteiger partial charge in [-0.15, -0.1) is 0 Å². The number of hydrogen-bond acceptors (Lipinski definition) is 4. The standard InChI is InChI=1S/C16H17FO4/c1-21-15(20)16(17,12-8-5-9-13(18)10-12)14(19)11-6-3-2-4-7-11/h2-4,6-7,12H,5,8-10H2,1H3/t12-,16+/m0/s1. The highest BCUT2D eigenvalue weighted by Gasteiger charge is 2.55. The van der Waals surface area contributed by atoms with Crippen molar-refractivity contribution in [1.29, 1.82) is 0 Å². The second-order valence-electron chi connectivity index (χ2n) is 5.23. The van der Waals surface area contributed by atoms with Crippen molar-refractivity contribution >= 4 is 17.5 Å². The first-order chi connectivity index (χ1) is 10.00. The van der Waals surface area contributed by atoms with Crippen molar-refractivity contribution in [3.8, 4) is 0 Å². The number of rotatable bonds is 4. The smallest absolute Gasteiger partial charge is 0.352 e. The molecule has 0 N–H and O–H groups in total. The summed E-state index contributed by atoms with van der Waals surface area (Å²) in [5, 5.41) is 0. The number of esters is 1. The van der Waals surface area contributed by atoms with Gasteiger partial charge in [0.05, 0.1) is 7.11 Å². The van der Waals surface area contributed by atoms with Gasteiger partial charge in [-0.05, 0) is 12.8 Å². The van der Waals surface area contributed by atoms with Gasteiger partial charge >= 0.3 is 5.97 Å². The quantitative estimate of drug-likeness (QED) is 0.486. The normalized spacial score (nSPS) is 21.4. The highest BCUT2D eigenvalue weighted by Crippen LogP contribution is 2.37. The molecular weight excluding hydrogens is 275 g/mol. The third-order valence-corrected chi connectivity index (χ3v) is 3.89. The molecule has 5 heteroatoms. The number of ether oxygens (including phenoxy) is 1. The van der Waals surface area contributed by atoms with Crippen LogP contribution in [0, 0.1) is 5.92 Å². The Morgan fingerprint density at radius 2 is 1.95 bits per heavy atom. The van der Waals surface area contributed by atoms with Gasteiger partial charge in [0.1, 0.15) is 5.78 Å². The van der Waals surface area contributed by atoms with Crippen LogP contribution in [-0.4, -0.2) is 30.3 Å². The summed E-state index contributed by atoms with van der Waals surface area (Å²) in [6, 6.07) is 7.78. The van der Waals surface area contributed by atoms with Gasteiger partial charge in [0.25, 0.3) is 5.67 Å². The fraction of sp³-hybridized carbons (Fsp3) is 0.438. The Kier molecular flexibility index (Phi) is 4.50. The SMILES string of the molecule is COC(=O)[C@](F)(C(=O)c1ccccc1)[C@H]1CCCC(=O)C1. The molecule has 2 atom stereocenters. The van der Waals surface area contributed by atoms with Gasteiger partial charge in [-0.25, -0.2) is 9.18 Å². The zero-order valence-corrected chi connectivity index (χ0v) is 11.8. The van der Waals surface area contributed by atoms with Crippen LogP contribution in [-0.2, 0) is 14.3 Å². The van der Waals surface area contributed by atoms with Gasteiger partial charge < -0.3 is 4.74 Å². The van der Waals surface area contributed by atoms with E-state index in [0.717, 1.165) is 7.11 Å². The summed E-state index contributed by atoms with van der Waals surface area (Å²) in [6.07, 6.45) is 1.06. The van der Waals surface area contributed by atoms with Crippen molar-refractivity contribution in [2.75, 3.05) is 7.11 Å². The zero-order valence-electron chi connectivity index (χ0n) is 11.8. The summed E-state index contributed by atoms with van der Waals surface area (Å²) < 4.78 is 19.8. The minimum absolute atomic E-state index is 0.100. The molecule has 112 valence electrons. The van der Waals surface area contributed by atoms with E-state index in [9.17, 15) is 14.4 Å². The predicted molar refractivity (Wildman–Crippen MR) is 73.6 cm³/mol. The first-order valence-electron chi connectivity index (χ1n) is 6.89. The Morgan fingerprint density at radius 3 is 2.52 bits per heavy atom. The number of benzene rings is 1. The highest BCUT2D eigenvalue weighted by molar-refractivity contribution is 6.16. The molecule has 1 aromatic carbocycles. The first-order valence-corrected chi connectivity index (χ1v) is 6.89. The summed E-state index contributed by atoms with van der Waals surface area (Å²) in [5.74, 6) is -3.25. The molecule has 2 rings (SSSR count). The van der Waals surface area contributed by atoms with E-state index in [1.54, 1.807) is 18.2 Å². The molecule has 0 aromatic heterocycles. The summed E-state index contributed by atoms with van der Waals surface area (Å²) in [6.45, 7) is 0. The number of hydrogen-bond donors (Lipinski definition) is 0. The lowest BCUT2D eigenvalue weighted by Crippen LogP contribution is -2.51. The van der Waals surface area contributed by atoms with Gasteiger partial charge in [-0.2, -0.15) is 0 Å². The van der Waals surface area contributed by atoms with Crippen LogP contribution in [0.1, 0.15) is 36.0 Å². The van der Waals surface area contributed by atoms with E-state index in [1.807, 2.05) is 0 Å². The second-order valence-corrected chi connectivity index (χ2v) is 5.23. The van der Waals surface area contributed by atoms with E-state index in [4.69, 9.17) is 0 Å². The van der Waals surface area contributed by atoms with Gasteiger partial charge in [-0.1, -0.05) is 30.3 Å². The molecule has 0 unspecified atom stereocenters. The van der Waals surface area contributed by atoms with Gasteiger partial charge in [0.15, 0.2) is 0 Å². The molecule has 4 nitrogen and oxygen atoms in total. The van der Waals surface area contributed by atoms with Gasteiger partial charge in [0, 0.05) is 24.3 Å². The number of carbonyl (C=O) groups excluding carboxylic acids is 3. The largest absolute Gasteiger partial charge is 0.466 e. The lowest BCUT2D eigenvalue weighted by molar-refractivity contribution is -0.155. The zero-order chi connectivity index (χ0) is 15.5. The van der Waals surface area contributed by atoms with Crippen LogP contribution >= 0.6 is 0 Å². The molecule has 0 aliphatic heterocycles. The maximum absolute atomic E-state index is 15.3. The van der Waals surface area contributed by atoms with Gasteiger partial charge in [-0.3, -0.25) is 9.59 Å². The number of halogens is 1. The molecule has 0 spiro atoms. The maximum Gasteiger partial charge on any atom is 0.352 e. The molecule has 1 aliphatic rings. The molecule has 0 saturated heterocycles. The van der Waals surface area contributed by atoms with Crippen LogP contribution in [0.15, 0.2) is 30.3 Å². The Hall–Kier alpha value is -2.04. The Bertz CT molecular complexity index is 555. The third-order valence-electron chi connectivity index (χ3n) is 3.89. The number of alkyl halides is 1. The molecule has 1 aromatic rings. The van der Waals surface area contributed by atoms with Crippen LogP contribution in [0.25, 0.3) is 0 Å². The second kappa shape index (κ2) is 6.16. The highest BCUT2D eigenvalue weighted by atomic mass is 19.1. The topological polar surface area (TPSA) is 60.4 Å². The van der Waals surface area contributed by atoms with Crippen LogP contribution in [0.5, 0.6) is 0 Å². The van der Waals surface area contributed by atoms with Crippen molar-refractivity contribution in [1.82, 2.24) is 0 Å².